The smallest absolute Gasteiger partial charge is 0.171 e. The van der Waals surface area contributed by atoms with Crippen LogP contribution in [-0.4, -0.2) is 27.3 Å². The van der Waals surface area contributed by atoms with E-state index in [1.54, 1.807) is 12.4 Å². The maximum atomic E-state index is 12.5. The normalized spacial score (nSPS) is 16.3. The second-order valence-electron chi connectivity index (χ2n) is 7.27. The summed E-state index contributed by atoms with van der Waals surface area (Å²) in [5.74, 6) is 1.57. The Hall–Kier alpha value is -1.91. The molecule has 0 aliphatic heterocycles. The van der Waals surface area contributed by atoms with Crippen molar-refractivity contribution in [1.82, 2.24) is 15.0 Å². The van der Waals surface area contributed by atoms with Gasteiger partial charge in [-0.1, -0.05) is 33.6 Å². The van der Waals surface area contributed by atoms with Crippen molar-refractivity contribution >= 4 is 22.8 Å². The number of hydrogen-bond acceptors (Lipinski definition) is 4. The summed E-state index contributed by atoms with van der Waals surface area (Å²) in [4.78, 5) is 24.5. The van der Waals surface area contributed by atoms with Gasteiger partial charge < -0.3 is 10.3 Å². The minimum atomic E-state index is -0.427. The van der Waals surface area contributed by atoms with Crippen molar-refractivity contribution in [1.29, 1.82) is 0 Å². The van der Waals surface area contributed by atoms with Gasteiger partial charge in [0.1, 0.15) is 11.3 Å². The van der Waals surface area contributed by atoms with Crippen LogP contribution in [0.3, 0.4) is 0 Å². The first kappa shape index (κ1) is 15.0. The highest BCUT2D eigenvalue weighted by Crippen LogP contribution is 2.27. The van der Waals surface area contributed by atoms with Crippen molar-refractivity contribution in [2.45, 2.75) is 46.5 Å². The first-order valence-electron chi connectivity index (χ1n) is 8.08. The van der Waals surface area contributed by atoms with Crippen LogP contribution in [-0.2, 0) is 0 Å². The molecule has 0 spiro atoms. The predicted octanol–water partition coefficient (Wildman–Crippen LogP) is 3.79. The van der Waals surface area contributed by atoms with Crippen molar-refractivity contribution in [2.24, 2.45) is 11.3 Å². The number of hydrogen-bond donors (Lipinski definition) is 2. The van der Waals surface area contributed by atoms with Crippen LogP contribution >= 0.6 is 0 Å². The Morgan fingerprint density at radius 3 is 2.77 bits per heavy atom. The molecule has 3 rings (SSSR count). The number of carbonyl (C=O) groups excluding carboxylic acids is 1. The maximum Gasteiger partial charge on any atom is 0.171 e. The van der Waals surface area contributed by atoms with Crippen LogP contribution in [0.4, 0.5) is 5.82 Å². The Balaban J connectivity index is 1.83. The summed E-state index contributed by atoms with van der Waals surface area (Å²) in [5.41, 5.74) is 1.53. The van der Waals surface area contributed by atoms with Crippen LogP contribution in [0.1, 0.15) is 56.8 Å². The minimum absolute atomic E-state index is 0.0843. The van der Waals surface area contributed by atoms with E-state index in [0.717, 1.165) is 18.3 Å². The van der Waals surface area contributed by atoms with Gasteiger partial charge in [-0.25, -0.2) is 9.97 Å². The maximum absolute atomic E-state index is 12.5. The molecular formula is C17H24N4O. The van der Waals surface area contributed by atoms with E-state index in [0.29, 0.717) is 16.7 Å². The number of aromatic nitrogens is 3. The van der Waals surface area contributed by atoms with E-state index < -0.39 is 5.41 Å². The SMILES string of the molecule is CC(C)(C)C(=O)c1c[nH]c2ncc(NCC3CCCC3)nc12. The Kier molecular flexibility index (Phi) is 3.89. The zero-order valence-electron chi connectivity index (χ0n) is 13.6. The first-order chi connectivity index (χ1) is 10.4. The molecular weight excluding hydrogens is 276 g/mol. The molecule has 0 aromatic carbocycles. The number of nitrogens with zero attached hydrogens (tertiary/aromatic N) is 2. The van der Waals surface area contributed by atoms with Gasteiger partial charge in [0, 0.05) is 18.2 Å². The molecule has 2 aromatic rings. The molecule has 1 saturated carbocycles. The fourth-order valence-electron chi connectivity index (χ4n) is 3.02. The van der Waals surface area contributed by atoms with Gasteiger partial charge >= 0.3 is 0 Å². The van der Waals surface area contributed by atoms with Crippen LogP contribution in [0, 0.1) is 11.3 Å². The van der Waals surface area contributed by atoms with Crippen LogP contribution in [0.5, 0.6) is 0 Å². The lowest BCUT2D eigenvalue weighted by Crippen LogP contribution is -2.20. The Labute approximate surface area is 130 Å². The summed E-state index contributed by atoms with van der Waals surface area (Å²) >= 11 is 0. The monoisotopic (exact) mass is 300 g/mol. The lowest BCUT2D eigenvalue weighted by Gasteiger charge is -2.15. The largest absolute Gasteiger partial charge is 0.368 e. The number of aromatic amines is 1. The van der Waals surface area contributed by atoms with Crippen molar-refractivity contribution < 1.29 is 4.79 Å². The molecule has 5 nitrogen and oxygen atoms in total. The van der Waals surface area contributed by atoms with E-state index in [1.807, 2.05) is 20.8 Å². The quantitative estimate of drug-likeness (QED) is 0.843. The number of nitrogens with one attached hydrogen (secondary N) is 2. The van der Waals surface area contributed by atoms with E-state index in [-0.39, 0.29) is 5.78 Å². The highest BCUT2D eigenvalue weighted by Gasteiger charge is 2.26. The predicted molar refractivity (Wildman–Crippen MR) is 88.1 cm³/mol. The highest BCUT2D eigenvalue weighted by molar-refractivity contribution is 6.08. The summed E-state index contributed by atoms with van der Waals surface area (Å²) in [6.45, 7) is 6.70. The van der Waals surface area contributed by atoms with E-state index >= 15 is 0 Å². The molecule has 0 radical (unpaired) electrons. The van der Waals surface area contributed by atoms with Crippen molar-refractivity contribution in [3.8, 4) is 0 Å². The van der Waals surface area contributed by atoms with Gasteiger partial charge in [0.05, 0.1) is 11.8 Å². The first-order valence-corrected chi connectivity index (χ1v) is 8.08. The second-order valence-corrected chi connectivity index (χ2v) is 7.27. The van der Waals surface area contributed by atoms with E-state index in [4.69, 9.17) is 0 Å². The number of anilines is 1. The van der Waals surface area contributed by atoms with Gasteiger partial charge in [-0.3, -0.25) is 4.79 Å². The third-order valence-electron chi connectivity index (χ3n) is 4.35. The Morgan fingerprint density at radius 2 is 2.09 bits per heavy atom. The second kappa shape index (κ2) is 5.71. The summed E-state index contributed by atoms with van der Waals surface area (Å²) in [6.07, 6.45) is 8.71. The fraction of sp³-hybridized carbons (Fsp3) is 0.588. The molecule has 2 N–H and O–H groups in total. The van der Waals surface area contributed by atoms with Crippen LogP contribution in [0.2, 0.25) is 0 Å². The molecule has 1 aliphatic rings. The molecule has 0 saturated heterocycles. The van der Waals surface area contributed by atoms with Gasteiger partial charge in [-0.05, 0) is 18.8 Å². The van der Waals surface area contributed by atoms with Gasteiger partial charge in [0.2, 0.25) is 0 Å². The zero-order chi connectivity index (χ0) is 15.7. The van der Waals surface area contributed by atoms with Gasteiger partial charge in [0.15, 0.2) is 11.4 Å². The minimum Gasteiger partial charge on any atom is -0.368 e. The number of carbonyl (C=O) groups is 1. The third kappa shape index (κ3) is 2.98. The van der Waals surface area contributed by atoms with Gasteiger partial charge in [-0.2, -0.15) is 0 Å². The number of fused-ring (bicyclic) bond motifs is 1. The average Bonchev–Trinajstić information content (AvgIpc) is 3.12. The fourth-order valence-corrected chi connectivity index (χ4v) is 3.02. The van der Waals surface area contributed by atoms with E-state index in [2.05, 4.69) is 20.3 Å². The Morgan fingerprint density at radius 1 is 1.36 bits per heavy atom. The lowest BCUT2D eigenvalue weighted by atomic mass is 9.87. The Bertz CT molecular complexity index is 678. The summed E-state index contributed by atoms with van der Waals surface area (Å²) in [7, 11) is 0. The number of H-pyrrole nitrogens is 1. The molecule has 0 atom stereocenters. The average molecular weight is 300 g/mol. The number of Topliss-reactive ketones (excluding diaryl/α,β-unsaturated/α-hetero) is 1. The number of rotatable bonds is 4. The summed E-state index contributed by atoms with van der Waals surface area (Å²) < 4.78 is 0. The number of ketones is 1. The third-order valence-corrected chi connectivity index (χ3v) is 4.35. The van der Waals surface area contributed by atoms with Crippen LogP contribution < -0.4 is 5.32 Å². The molecule has 5 heteroatoms. The van der Waals surface area contributed by atoms with Crippen molar-refractivity contribution in [2.75, 3.05) is 11.9 Å². The molecule has 118 valence electrons. The molecule has 1 aliphatic carbocycles. The van der Waals surface area contributed by atoms with Crippen LogP contribution in [0.25, 0.3) is 11.2 Å². The molecule has 2 heterocycles. The highest BCUT2D eigenvalue weighted by atomic mass is 16.1. The lowest BCUT2D eigenvalue weighted by molar-refractivity contribution is 0.0860. The molecule has 2 aromatic heterocycles. The molecule has 0 bridgehead atoms. The zero-order valence-corrected chi connectivity index (χ0v) is 13.6. The molecule has 0 unspecified atom stereocenters. The molecule has 0 amide bonds. The van der Waals surface area contributed by atoms with Crippen molar-refractivity contribution in [3.63, 3.8) is 0 Å². The van der Waals surface area contributed by atoms with Gasteiger partial charge in [0.25, 0.3) is 0 Å². The van der Waals surface area contributed by atoms with Crippen LogP contribution in [0.15, 0.2) is 12.4 Å². The van der Waals surface area contributed by atoms with E-state index in [1.165, 1.54) is 25.7 Å². The molecule has 1 fully saturated rings. The summed E-state index contributed by atoms with van der Waals surface area (Å²) in [6, 6.07) is 0. The summed E-state index contributed by atoms with van der Waals surface area (Å²) in [5, 5.41) is 3.37. The molecule has 22 heavy (non-hydrogen) atoms. The van der Waals surface area contributed by atoms with E-state index in [9.17, 15) is 4.79 Å². The standard InChI is InChI=1S/C17H24N4O/c1-17(2,3)15(22)12-9-19-16-14(12)21-13(10-20-16)18-8-11-6-4-5-7-11/h9-11H,4-8H2,1-3H3,(H,18,21)(H,19,20). The topological polar surface area (TPSA) is 70.7 Å². The van der Waals surface area contributed by atoms with Gasteiger partial charge in [-0.15, -0.1) is 0 Å². The van der Waals surface area contributed by atoms with Crippen molar-refractivity contribution in [3.05, 3.63) is 18.0 Å².